The lowest BCUT2D eigenvalue weighted by molar-refractivity contribution is -0.143. The summed E-state index contributed by atoms with van der Waals surface area (Å²) in [5.41, 5.74) is -3.09. The summed E-state index contributed by atoms with van der Waals surface area (Å²) in [5, 5.41) is 2.89. The molecule has 0 saturated carbocycles. The average Bonchev–Trinajstić information content (AvgIpc) is 3.04. The van der Waals surface area contributed by atoms with Gasteiger partial charge < -0.3 is 15.2 Å². The fraction of sp³-hybridized carbons (Fsp3) is 0.375. The first kappa shape index (κ1) is 19.2. The molecule has 27 heavy (non-hydrogen) atoms. The van der Waals surface area contributed by atoms with Crippen molar-refractivity contribution in [2.45, 2.75) is 18.9 Å². The van der Waals surface area contributed by atoms with Crippen LogP contribution in [0, 0.1) is 0 Å². The number of piperazine rings is 1. The minimum atomic E-state index is -4.92. The molecule has 0 spiro atoms. The molecule has 146 valence electrons. The van der Waals surface area contributed by atoms with Crippen molar-refractivity contribution in [3.8, 4) is 11.3 Å². The number of rotatable bonds is 3. The fourth-order valence-corrected chi connectivity index (χ4v) is 2.69. The molecule has 1 aliphatic heterocycles. The number of nitrogens with one attached hydrogen (secondary N) is 2. The molecular formula is C16H14F6N4O. The third kappa shape index (κ3) is 4.41. The molecule has 1 amide bonds. The van der Waals surface area contributed by atoms with E-state index in [1.165, 1.54) is 4.90 Å². The Kier molecular flexibility index (Phi) is 4.89. The molecule has 0 aliphatic carbocycles. The van der Waals surface area contributed by atoms with Crippen LogP contribution >= 0.6 is 0 Å². The SMILES string of the molecule is O=C1CNCCN1Cc1ncc(-c2cc(C(F)(F)F)cc(C(F)(F)F)c2)[nH]1. The molecule has 2 N–H and O–H groups in total. The second kappa shape index (κ2) is 6.87. The van der Waals surface area contributed by atoms with Gasteiger partial charge in [0.1, 0.15) is 5.82 Å². The molecular weight excluding hydrogens is 378 g/mol. The summed E-state index contributed by atoms with van der Waals surface area (Å²) in [7, 11) is 0. The maximum atomic E-state index is 13.0. The normalized spacial score (nSPS) is 16.1. The quantitative estimate of drug-likeness (QED) is 0.790. The van der Waals surface area contributed by atoms with Crippen molar-refractivity contribution in [3.63, 3.8) is 0 Å². The molecule has 0 atom stereocenters. The first-order valence-corrected chi connectivity index (χ1v) is 7.86. The second-order valence-electron chi connectivity index (χ2n) is 6.03. The highest BCUT2D eigenvalue weighted by molar-refractivity contribution is 5.78. The van der Waals surface area contributed by atoms with Gasteiger partial charge in [0.05, 0.1) is 36.1 Å². The number of carbonyl (C=O) groups is 1. The van der Waals surface area contributed by atoms with E-state index in [0.29, 0.717) is 25.2 Å². The lowest BCUT2D eigenvalue weighted by Crippen LogP contribution is -2.47. The predicted octanol–water partition coefficient (Wildman–Crippen LogP) is 3.05. The molecule has 2 heterocycles. The van der Waals surface area contributed by atoms with Crippen molar-refractivity contribution in [1.82, 2.24) is 20.2 Å². The Bertz CT molecular complexity index is 810. The van der Waals surface area contributed by atoms with Crippen LogP contribution < -0.4 is 5.32 Å². The van der Waals surface area contributed by atoms with Crippen LogP contribution in [0.15, 0.2) is 24.4 Å². The number of aromatic nitrogens is 2. The molecule has 0 radical (unpaired) electrons. The van der Waals surface area contributed by atoms with Crippen LogP contribution in [0.1, 0.15) is 17.0 Å². The summed E-state index contributed by atoms with van der Waals surface area (Å²) in [6, 6.07) is 1.32. The Balaban J connectivity index is 1.92. The predicted molar refractivity (Wildman–Crippen MR) is 82.3 cm³/mol. The zero-order valence-corrected chi connectivity index (χ0v) is 13.7. The largest absolute Gasteiger partial charge is 0.416 e. The van der Waals surface area contributed by atoms with Gasteiger partial charge in [-0.1, -0.05) is 0 Å². The molecule has 2 aromatic rings. The van der Waals surface area contributed by atoms with Crippen LogP contribution in [-0.4, -0.2) is 40.4 Å². The highest BCUT2D eigenvalue weighted by Crippen LogP contribution is 2.38. The summed E-state index contributed by atoms with van der Waals surface area (Å²) in [5.74, 6) is 0.101. The number of hydrogen-bond donors (Lipinski definition) is 2. The molecule has 1 saturated heterocycles. The molecule has 1 aromatic heterocycles. The lowest BCUT2D eigenvalue weighted by Gasteiger charge is -2.26. The van der Waals surface area contributed by atoms with E-state index < -0.39 is 23.5 Å². The number of nitrogens with zero attached hydrogens (tertiary/aromatic N) is 2. The zero-order valence-electron chi connectivity index (χ0n) is 13.7. The Hall–Kier alpha value is -2.56. The van der Waals surface area contributed by atoms with Gasteiger partial charge in [-0.25, -0.2) is 4.98 Å². The summed E-state index contributed by atoms with van der Waals surface area (Å²) in [6.45, 7) is 1.26. The molecule has 5 nitrogen and oxygen atoms in total. The second-order valence-corrected chi connectivity index (χ2v) is 6.03. The van der Waals surface area contributed by atoms with E-state index in [2.05, 4.69) is 15.3 Å². The highest BCUT2D eigenvalue weighted by Gasteiger charge is 2.37. The number of amides is 1. The minimum Gasteiger partial charge on any atom is -0.341 e. The standard InChI is InChI=1S/C16H14F6N4O/c17-15(18,19)10-3-9(4-11(5-10)16(20,21)22)12-6-24-13(25-12)8-26-2-1-23-7-14(26)27/h3-6,23H,1-2,7-8H2,(H,24,25). The van der Waals surface area contributed by atoms with E-state index >= 15 is 0 Å². The van der Waals surface area contributed by atoms with Crippen LogP contribution in [0.5, 0.6) is 0 Å². The number of hydrogen-bond acceptors (Lipinski definition) is 3. The molecule has 1 aromatic carbocycles. The van der Waals surface area contributed by atoms with Gasteiger partial charge in [-0.05, 0) is 18.2 Å². The van der Waals surface area contributed by atoms with Crippen LogP contribution in [0.25, 0.3) is 11.3 Å². The van der Waals surface area contributed by atoms with E-state index in [4.69, 9.17) is 0 Å². The van der Waals surface area contributed by atoms with Gasteiger partial charge in [-0.15, -0.1) is 0 Å². The number of imidazole rings is 1. The van der Waals surface area contributed by atoms with E-state index in [0.717, 1.165) is 6.20 Å². The molecule has 11 heteroatoms. The summed E-state index contributed by atoms with van der Waals surface area (Å²) < 4.78 is 77.8. The van der Waals surface area contributed by atoms with Crippen LogP contribution in [0.2, 0.25) is 0 Å². The van der Waals surface area contributed by atoms with Crippen LogP contribution in [0.3, 0.4) is 0 Å². The number of aromatic amines is 1. The van der Waals surface area contributed by atoms with Crippen molar-refractivity contribution in [2.24, 2.45) is 0 Å². The maximum absolute atomic E-state index is 13.0. The Morgan fingerprint density at radius 3 is 2.22 bits per heavy atom. The lowest BCUT2D eigenvalue weighted by atomic mass is 10.0. The third-order valence-corrected chi connectivity index (χ3v) is 4.06. The van der Waals surface area contributed by atoms with Gasteiger partial charge in [0.15, 0.2) is 0 Å². The Morgan fingerprint density at radius 1 is 1.04 bits per heavy atom. The van der Waals surface area contributed by atoms with Gasteiger partial charge in [0, 0.05) is 18.7 Å². The van der Waals surface area contributed by atoms with Crippen molar-refractivity contribution < 1.29 is 31.1 Å². The average molecular weight is 392 g/mol. The van der Waals surface area contributed by atoms with Crippen molar-refractivity contribution in [3.05, 3.63) is 41.3 Å². The smallest absolute Gasteiger partial charge is 0.341 e. The minimum absolute atomic E-state index is 0.00387. The number of carbonyl (C=O) groups excluding carboxylic acids is 1. The fourth-order valence-electron chi connectivity index (χ4n) is 2.69. The molecule has 1 aliphatic rings. The van der Waals surface area contributed by atoms with E-state index in [-0.39, 0.29) is 42.1 Å². The molecule has 0 bridgehead atoms. The first-order valence-electron chi connectivity index (χ1n) is 7.86. The zero-order chi connectivity index (χ0) is 19.8. The van der Waals surface area contributed by atoms with Gasteiger partial charge in [0.25, 0.3) is 0 Å². The van der Waals surface area contributed by atoms with Crippen molar-refractivity contribution in [1.29, 1.82) is 0 Å². The van der Waals surface area contributed by atoms with E-state index in [1.807, 2.05) is 0 Å². The summed E-state index contributed by atoms with van der Waals surface area (Å²) in [6.07, 6.45) is -8.70. The number of alkyl halides is 6. The molecule has 0 unspecified atom stereocenters. The van der Waals surface area contributed by atoms with Gasteiger partial charge >= 0.3 is 12.4 Å². The number of halogens is 6. The topological polar surface area (TPSA) is 61.0 Å². The van der Waals surface area contributed by atoms with Gasteiger partial charge in [-0.3, -0.25) is 4.79 Å². The van der Waals surface area contributed by atoms with Gasteiger partial charge in [0.2, 0.25) is 5.91 Å². The summed E-state index contributed by atoms with van der Waals surface area (Å²) in [4.78, 5) is 19.9. The van der Waals surface area contributed by atoms with E-state index in [1.54, 1.807) is 0 Å². The van der Waals surface area contributed by atoms with Crippen LogP contribution in [0.4, 0.5) is 26.3 Å². The molecule has 3 rings (SSSR count). The number of H-pyrrole nitrogens is 1. The first-order chi connectivity index (χ1) is 12.5. The highest BCUT2D eigenvalue weighted by atomic mass is 19.4. The maximum Gasteiger partial charge on any atom is 0.416 e. The van der Waals surface area contributed by atoms with Crippen LogP contribution in [-0.2, 0) is 23.7 Å². The van der Waals surface area contributed by atoms with Crippen molar-refractivity contribution >= 4 is 5.91 Å². The Morgan fingerprint density at radius 2 is 1.67 bits per heavy atom. The molecule has 1 fully saturated rings. The van der Waals surface area contributed by atoms with Crippen molar-refractivity contribution in [2.75, 3.05) is 19.6 Å². The number of benzene rings is 1. The monoisotopic (exact) mass is 392 g/mol. The third-order valence-electron chi connectivity index (χ3n) is 4.06. The van der Waals surface area contributed by atoms with Gasteiger partial charge in [-0.2, -0.15) is 26.3 Å². The summed E-state index contributed by atoms with van der Waals surface area (Å²) >= 11 is 0. The Labute approximate surface area is 149 Å². The van der Waals surface area contributed by atoms with E-state index in [9.17, 15) is 31.1 Å².